The first kappa shape index (κ1) is 18.2. The van der Waals surface area contributed by atoms with Crippen LogP contribution in [0.5, 0.6) is 0 Å². The summed E-state index contributed by atoms with van der Waals surface area (Å²) in [5.74, 6) is 0.102. The number of benzene rings is 2. The summed E-state index contributed by atoms with van der Waals surface area (Å²) < 4.78 is 0. The van der Waals surface area contributed by atoms with E-state index in [1.165, 1.54) is 0 Å². The predicted octanol–water partition coefficient (Wildman–Crippen LogP) is 4.19. The molecule has 0 saturated carbocycles. The van der Waals surface area contributed by atoms with Crippen molar-refractivity contribution in [3.05, 3.63) is 59.7 Å². The van der Waals surface area contributed by atoms with E-state index in [-0.39, 0.29) is 17.7 Å². The Morgan fingerprint density at radius 1 is 1.15 bits per heavy atom. The fourth-order valence-corrected chi connectivity index (χ4v) is 3.43. The topological polar surface area (TPSA) is 49.4 Å². The molecule has 0 unspecified atom stereocenters. The lowest BCUT2D eigenvalue weighted by Gasteiger charge is -2.29. The molecule has 0 saturated heterocycles. The molecule has 4 nitrogen and oxygen atoms in total. The molecule has 1 heterocycles. The minimum absolute atomic E-state index is 0.0195. The third-order valence-corrected chi connectivity index (χ3v) is 4.83. The van der Waals surface area contributed by atoms with Gasteiger partial charge in [-0.15, -0.1) is 0 Å². The van der Waals surface area contributed by atoms with Gasteiger partial charge in [0.2, 0.25) is 11.8 Å². The molecule has 1 aliphatic heterocycles. The molecule has 4 heteroatoms. The molecule has 2 aromatic carbocycles. The number of rotatable bonds is 6. The zero-order valence-corrected chi connectivity index (χ0v) is 15.5. The third kappa shape index (κ3) is 4.13. The van der Waals surface area contributed by atoms with Crippen molar-refractivity contribution in [1.82, 2.24) is 0 Å². The van der Waals surface area contributed by atoms with Crippen molar-refractivity contribution in [3.8, 4) is 0 Å². The van der Waals surface area contributed by atoms with Crippen LogP contribution in [0.25, 0.3) is 0 Å². The molecule has 2 amide bonds. The highest BCUT2D eigenvalue weighted by Crippen LogP contribution is 2.30. The zero-order chi connectivity index (χ0) is 18.5. The smallest absolute Gasteiger partial charge is 0.227 e. The molecule has 1 N–H and O–H groups in total. The lowest BCUT2D eigenvalue weighted by atomic mass is 9.99. The van der Waals surface area contributed by atoms with Gasteiger partial charge in [-0.2, -0.15) is 0 Å². The summed E-state index contributed by atoms with van der Waals surface area (Å²) in [6.45, 7) is 4.76. The molecule has 1 aliphatic rings. The molecule has 0 fully saturated rings. The summed E-state index contributed by atoms with van der Waals surface area (Å²) in [5, 5.41) is 3.03. The number of aryl methyl sites for hydroxylation is 1. The first-order chi connectivity index (χ1) is 12.6. The predicted molar refractivity (Wildman–Crippen MR) is 105 cm³/mol. The SMILES string of the molecule is CCCN1C(=O)CCc2cc(NC(=O)[C@H](C)Cc3ccccc3)ccc21. The van der Waals surface area contributed by atoms with E-state index in [4.69, 9.17) is 0 Å². The van der Waals surface area contributed by atoms with Crippen molar-refractivity contribution < 1.29 is 9.59 Å². The van der Waals surface area contributed by atoms with E-state index in [0.717, 1.165) is 48.3 Å². The van der Waals surface area contributed by atoms with Crippen molar-refractivity contribution >= 4 is 23.2 Å². The average Bonchev–Trinajstić information content (AvgIpc) is 2.65. The Labute approximate surface area is 155 Å². The van der Waals surface area contributed by atoms with Gasteiger partial charge in [0.15, 0.2) is 0 Å². The summed E-state index contributed by atoms with van der Waals surface area (Å²) in [6, 6.07) is 15.9. The molecule has 0 spiro atoms. The van der Waals surface area contributed by atoms with Gasteiger partial charge in [-0.25, -0.2) is 0 Å². The van der Waals surface area contributed by atoms with Crippen molar-refractivity contribution in [1.29, 1.82) is 0 Å². The number of carbonyl (C=O) groups excluding carboxylic acids is 2. The van der Waals surface area contributed by atoms with E-state index < -0.39 is 0 Å². The Hall–Kier alpha value is -2.62. The van der Waals surface area contributed by atoms with Crippen LogP contribution in [0.4, 0.5) is 11.4 Å². The van der Waals surface area contributed by atoms with E-state index >= 15 is 0 Å². The number of carbonyl (C=O) groups is 2. The van der Waals surface area contributed by atoms with Gasteiger partial charge in [0.1, 0.15) is 0 Å². The van der Waals surface area contributed by atoms with Crippen molar-refractivity contribution in [2.75, 3.05) is 16.8 Å². The van der Waals surface area contributed by atoms with E-state index in [2.05, 4.69) is 12.2 Å². The molecule has 2 aromatic rings. The lowest BCUT2D eigenvalue weighted by molar-refractivity contribution is -0.120. The first-order valence-corrected chi connectivity index (χ1v) is 9.36. The van der Waals surface area contributed by atoms with E-state index in [0.29, 0.717) is 6.42 Å². The van der Waals surface area contributed by atoms with Gasteiger partial charge in [-0.1, -0.05) is 44.2 Å². The Kier molecular flexibility index (Phi) is 5.71. The molecule has 0 aromatic heterocycles. The number of nitrogens with zero attached hydrogens (tertiary/aromatic N) is 1. The highest BCUT2D eigenvalue weighted by Gasteiger charge is 2.24. The van der Waals surface area contributed by atoms with Crippen molar-refractivity contribution in [2.24, 2.45) is 5.92 Å². The number of anilines is 2. The fraction of sp³-hybridized carbons (Fsp3) is 0.364. The number of hydrogen-bond donors (Lipinski definition) is 1. The molecule has 0 bridgehead atoms. The maximum Gasteiger partial charge on any atom is 0.227 e. The van der Waals surface area contributed by atoms with Crippen LogP contribution in [0, 0.1) is 5.92 Å². The first-order valence-electron chi connectivity index (χ1n) is 9.36. The van der Waals surface area contributed by atoms with Crippen LogP contribution in [0.3, 0.4) is 0 Å². The van der Waals surface area contributed by atoms with Crippen LogP contribution in [0.1, 0.15) is 37.8 Å². The number of amides is 2. The van der Waals surface area contributed by atoms with E-state index in [9.17, 15) is 9.59 Å². The van der Waals surface area contributed by atoms with Crippen LogP contribution >= 0.6 is 0 Å². The van der Waals surface area contributed by atoms with E-state index in [1.54, 1.807) is 0 Å². The summed E-state index contributed by atoms with van der Waals surface area (Å²) in [4.78, 5) is 26.5. The molecule has 136 valence electrons. The standard InChI is InChI=1S/C22H26N2O2/c1-3-13-24-20-11-10-19(15-18(20)9-12-21(24)25)23-22(26)16(2)14-17-7-5-4-6-8-17/h4-8,10-11,15-16H,3,9,12-14H2,1-2H3,(H,23,26)/t16-/m1/s1. The minimum Gasteiger partial charge on any atom is -0.326 e. The van der Waals surface area contributed by atoms with Crippen LogP contribution in [0.15, 0.2) is 48.5 Å². The van der Waals surface area contributed by atoms with Crippen molar-refractivity contribution in [2.45, 2.75) is 39.5 Å². The second-order valence-electron chi connectivity index (χ2n) is 6.97. The molecule has 0 aliphatic carbocycles. The van der Waals surface area contributed by atoms with Gasteiger partial charge in [0.05, 0.1) is 0 Å². The quantitative estimate of drug-likeness (QED) is 0.849. The third-order valence-electron chi connectivity index (χ3n) is 4.83. The van der Waals surface area contributed by atoms with Gasteiger partial charge in [0.25, 0.3) is 0 Å². The van der Waals surface area contributed by atoms with E-state index in [1.807, 2.05) is 60.4 Å². The molecular weight excluding hydrogens is 324 g/mol. The van der Waals surface area contributed by atoms with Crippen molar-refractivity contribution in [3.63, 3.8) is 0 Å². The molecule has 26 heavy (non-hydrogen) atoms. The minimum atomic E-state index is -0.105. The number of nitrogens with one attached hydrogen (secondary N) is 1. The molecule has 0 radical (unpaired) electrons. The Morgan fingerprint density at radius 3 is 2.65 bits per heavy atom. The summed E-state index contributed by atoms with van der Waals surface area (Å²) in [6.07, 6.45) is 2.92. The second-order valence-corrected chi connectivity index (χ2v) is 6.97. The van der Waals surface area contributed by atoms with Crippen LogP contribution in [-0.4, -0.2) is 18.4 Å². The van der Waals surface area contributed by atoms with Gasteiger partial charge >= 0.3 is 0 Å². The summed E-state index contributed by atoms with van der Waals surface area (Å²) in [7, 11) is 0. The summed E-state index contributed by atoms with van der Waals surface area (Å²) in [5.41, 5.74) is 4.08. The van der Waals surface area contributed by atoms with Gasteiger partial charge < -0.3 is 10.2 Å². The highest BCUT2D eigenvalue weighted by atomic mass is 16.2. The monoisotopic (exact) mass is 350 g/mol. The largest absolute Gasteiger partial charge is 0.326 e. The average molecular weight is 350 g/mol. The van der Waals surface area contributed by atoms with Crippen LogP contribution < -0.4 is 10.2 Å². The normalized spacial score (nSPS) is 14.7. The van der Waals surface area contributed by atoms with Crippen LogP contribution in [0.2, 0.25) is 0 Å². The maximum absolute atomic E-state index is 12.5. The Balaban J connectivity index is 1.69. The van der Waals surface area contributed by atoms with Gasteiger partial charge in [-0.3, -0.25) is 9.59 Å². The fourth-order valence-electron chi connectivity index (χ4n) is 3.43. The molecule has 1 atom stereocenters. The molecular formula is C22H26N2O2. The number of hydrogen-bond acceptors (Lipinski definition) is 2. The Bertz CT molecular complexity index is 786. The second kappa shape index (κ2) is 8.17. The van der Waals surface area contributed by atoms with Gasteiger partial charge in [-0.05, 0) is 48.6 Å². The Morgan fingerprint density at radius 2 is 1.92 bits per heavy atom. The van der Waals surface area contributed by atoms with Gasteiger partial charge in [0, 0.05) is 30.3 Å². The lowest BCUT2D eigenvalue weighted by Crippen LogP contribution is -2.35. The maximum atomic E-state index is 12.5. The zero-order valence-electron chi connectivity index (χ0n) is 15.5. The molecule has 3 rings (SSSR count). The summed E-state index contributed by atoms with van der Waals surface area (Å²) >= 11 is 0. The van der Waals surface area contributed by atoms with Crippen LogP contribution in [-0.2, 0) is 22.4 Å². The number of fused-ring (bicyclic) bond motifs is 1. The highest BCUT2D eigenvalue weighted by molar-refractivity contribution is 5.98.